The Hall–Kier alpha value is -2.62. The topological polar surface area (TPSA) is 46.9 Å². The van der Waals surface area contributed by atoms with E-state index in [1.54, 1.807) is 4.68 Å². The molecule has 3 aromatic rings. The van der Waals surface area contributed by atoms with Crippen molar-refractivity contribution in [2.45, 2.75) is 6.92 Å². The Labute approximate surface area is 110 Å². The highest BCUT2D eigenvalue weighted by atomic mass is 16.1. The molecule has 4 nitrogen and oxygen atoms in total. The molecular formula is C15H13N3O. The second-order valence-electron chi connectivity index (χ2n) is 4.33. The zero-order chi connectivity index (χ0) is 13.2. The van der Waals surface area contributed by atoms with Crippen molar-refractivity contribution in [1.82, 2.24) is 9.78 Å². The molecule has 94 valence electrons. The molecule has 2 aromatic carbocycles. The van der Waals surface area contributed by atoms with E-state index in [2.05, 4.69) is 10.4 Å². The van der Waals surface area contributed by atoms with Gasteiger partial charge in [0, 0.05) is 18.5 Å². The molecule has 0 aliphatic rings. The maximum absolute atomic E-state index is 11.2. The Morgan fingerprint density at radius 1 is 1.11 bits per heavy atom. The largest absolute Gasteiger partial charge is 0.324 e. The van der Waals surface area contributed by atoms with Gasteiger partial charge in [-0.3, -0.25) is 4.79 Å². The van der Waals surface area contributed by atoms with Crippen LogP contribution >= 0.6 is 0 Å². The van der Waals surface area contributed by atoms with Crippen molar-refractivity contribution in [3.05, 3.63) is 54.7 Å². The van der Waals surface area contributed by atoms with Crippen LogP contribution in [-0.2, 0) is 4.79 Å². The van der Waals surface area contributed by atoms with Crippen molar-refractivity contribution < 1.29 is 4.79 Å². The number of amides is 1. The number of nitrogens with one attached hydrogen (secondary N) is 1. The molecule has 1 aromatic heterocycles. The van der Waals surface area contributed by atoms with Gasteiger partial charge in [-0.25, -0.2) is 4.68 Å². The molecule has 0 aliphatic carbocycles. The summed E-state index contributed by atoms with van der Waals surface area (Å²) in [6.45, 7) is 1.50. The van der Waals surface area contributed by atoms with Crippen LogP contribution in [0.15, 0.2) is 54.7 Å². The van der Waals surface area contributed by atoms with Gasteiger partial charge in [0.15, 0.2) is 0 Å². The first kappa shape index (κ1) is 11.5. The van der Waals surface area contributed by atoms with Crippen LogP contribution < -0.4 is 5.32 Å². The first-order valence-corrected chi connectivity index (χ1v) is 6.05. The van der Waals surface area contributed by atoms with E-state index < -0.39 is 0 Å². The zero-order valence-electron chi connectivity index (χ0n) is 10.5. The van der Waals surface area contributed by atoms with Crippen molar-refractivity contribution >= 4 is 22.5 Å². The van der Waals surface area contributed by atoms with Crippen LogP contribution in [0.1, 0.15) is 6.92 Å². The Kier molecular flexibility index (Phi) is 2.76. The summed E-state index contributed by atoms with van der Waals surface area (Å²) in [7, 11) is 0. The smallest absolute Gasteiger partial charge is 0.221 e. The number of carbonyl (C=O) groups excluding carboxylic acids is 1. The first-order valence-electron chi connectivity index (χ1n) is 6.05. The number of anilines is 1. The standard InChI is InChI=1S/C15H13N3O/c1-11(19)16-14-8-4-5-9-15(14)18-10-12-6-2-3-7-13(12)17-18/h2-10H,1H3,(H,16,19). The number of nitrogens with zero attached hydrogens (tertiary/aromatic N) is 2. The number of benzene rings is 2. The summed E-state index contributed by atoms with van der Waals surface area (Å²) in [4.78, 5) is 11.2. The fourth-order valence-corrected chi connectivity index (χ4v) is 2.06. The fourth-order valence-electron chi connectivity index (χ4n) is 2.06. The lowest BCUT2D eigenvalue weighted by molar-refractivity contribution is -0.114. The van der Waals surface area contributed by atoms with Crippen molar-refractivity contribution in [1.29, 1.82) is 0 Å². The highest BCUT2D eigenvalue weighted by Gasteiger charge is 2.07. The minimum Gasteiger partial charge on any atom is -0.324 e. The maximum atomic E-state index is 11.2. The summed E-state index contributed by atoms with van der Waals surface area (Å²) in [5.74, 6) is -0.0934. The predicted octanol–water partition coefficient (Wildman–Crippen LogP) is 2.98. The van der Waals surface area contributed by atoms with Gasteiger partial charge in [-0.05, 0) is 18.2 Å². The third-order valence-electron chi connectivity index (χ3n) is 2.88. The molecule has 1 amide bonds. The number of para-hydroxylation sites is 2. The van der Waals surface area contributed by atoms with Crippen LogP contribution in [0.25, 0.3) is 16.6 Å². The molecule has 1 N–H and O–H groups in total. The highest BCUT2D eigenvalue weighted by molar-refractivity contribution is 5.91. The normalized spacial score (nSPS) is 10.6. The Morgan fingerprint density at radius 3 is 2.63 bits per heavy atom. The minimum atomic E-state index is -0.0934. The molecule has 4 heteroatoms. The fraction of sp³-hybridized carbons (Fsp3) is 0.0667. The summed E-state index contributed by atoms with van der Waals surface area (Å²) in [5.41, 5.74) is 2.54. The van der Waals surface area contributed by atoms with E-state index in [0.29, 0.717) is 0 Å². The third kappa shape index (κ3) is 2.20. The van der Waals surface area contributed by atoms with Crippen LogP contribution in [0.5, 0.6) is 0 Å². The summed E-state index contributed by atoms with van der Waals surface area (Å²) < 4.78 is 1.79. The monoisotopic (exact) mass is 251 g/mol. The van der Waals surface area contributed by atoms with E-state index in [1.807, 2.05) is 54.7 Å². The lowest BCUT2D eigenvalue weighted by Crippen LogP contribution is -2.09. The predicted molar refractivity (Wildman–Crippen MR) is 75.4 cm³/mol. The van der Waals surface area contributed by atoms with E-state index in [4.69, 9.17) is 0 Å². The van der Waals surface area contributed by atoms with Crippen LogP contribution in [0.4, 0.5) is 5.69 Å². The van der Waals surface area contributed by atoms with Crippen LogP contribution in [0, 0.1) is 0 Å². The quantitative estimate of drug-likeness (QED) is 0.761. The Balaban J connectivity index is 2.13. The van der Waals surface area contributed by atoms with Crippen LogP contribution in [0.2, 0.25) is 0 Å². The van der Waals surface area contributed by atoms with Gasteiger partial charge in [-0.15, -0.1) is 0 Å². The average molecular weight is 251 g/mol. The van der Waals surface area contributed by atoms with Gasteiger partial charge in [-0.1, -0.05) is 30.3 Å². The molecule has 0 fully saturated rings. The second kappa shape index (κ2) is 4.57. The molecule has 0 atom stereocenters. The molecule has 0 spiro atoms. The van der Waals surface area contributed by atoms with Gasteiger partial charge in [0.2, 0.25) is 5.91 Å². The molecular weight excluding hydrogens is 238 g/mol. The zero-order valence-corrected chi connectivity index (χ0v) is 10.5. The summed E-state index contributed by atoms with van der Waals surface area (Å²) in [6.07, 6.45) is 1.95. The Bertz CT molecular complexity index is 713. The number of aromatic nitrogens is 2. The number of fused-ring (bicyclic) bond motifs is 1. The van der Waals surface area contributed by atoms with Crippen molar-refractivity contribution in [3.63, 3.8) is 0 Å². The SMILES string of the molecule is CC(=O)Nc1ccccc1-n1cc2ccccc2n1. The summed E-state index contributed by atoms with van der Waals surface area (Å²) >= 11 is 0. The molecule has 0 aliphatic heterocycles. The number of carbonyl (C=O) groups is 1. The molecule has 0 radical (unpaired) electrons. The molecule has 0 bridgehead atoms. The van der Waals surface area contributed by atoms with Crippen molar-refractivity contribution in [2.75, 3.05) is 5.32 Å². The number of rotatable bonds is 2. The van der Waals surface area contributed by atoms with Gasteiger partial charge >= 0.3 is 0 Å². The van der Waals surface area contributed by atoms with Gasteiger partial charge in [0.1, 0.15) is 0 Å². The first-order chi connectivity index (χ1) is 9.24. The minimum absolute atomic E-state index is 0.0934. The average Bonchev–Trinajstić information content (AvgIpc) is 2.82. The summed E-state index contributed by atoms with van der Waals surface area (Å²) in [6, 6.07) is 15.5. The Morgan fingerprint density at radius 2 is 1.84 bits per heavy atom. The maximum Gasteiger partial charge on any atom is 0.221 e. The molecule has 0 saturated heterocycles. The van der Waals surface area contributed by atoms with Crippen molar-refractivity contribution in [2.24, 2.45) is 0 Å². The second-order valence-corrected chi connectivity index (χ2v) is 4.33. The van der Waals surface area contributed by atoms with E-state index in [9.17, 15) is 4.79 Å². The van der Waals surface area contributed by atoms with E-state index in [0.717, 1.165) is 22.3 Å². The molecule has 1 heterocycles. The van der Waals surface area contributed by atoms with Gasteiger partial charge < -0.3 is 5.32 Å². The van der Waals surface area contributed by atoms with Gasteiger partial charge in [0.05, 0.1) is 16.9 Å². The lowest BCUT2D eigenvalue weighted by atomic mass is 10.2. The highest BCUT2D eigenvalue weighted by Crippen LogP contribution is 2.22. The molecule has 0 saturated carbocycles. The van der Waals surface area contributed by atoms with E-state index in [1.165, 1.54) is 6.92 Å². The van der Waals surface area contributed by atoms with Crippen molar-refractivity contribution in [3.8, 4) is 5.69 Å². The van der Waals surface area contributed by atoms with Gasteiger partial charge in [-0.2, -0.15) is 5.10 Å². The van der Waals surface area contributed by atoms with E-state index in [-0.39, 0.29) is 5.91 Å². The van der Waals surface area contributed by atoms with Crippen LogP contribution in [0.3, 0.4) is 0 Å². The van der Waals surface area contributed by atoms with Crippen LogP contribution in [-0.4, -0.2) is 15.7 Å². The molecule has 19 heavy (non-hydrogen) atoms. The molecule has 3 rings (SSSR count). The van der Waals surface area contributed by atoms with E-state index >= 15 is 0 Å². The lowest BCUT2D eigenvalue weighted by Gasteiger charge is -2.09. The number of hydrogen-bond donors (Lipinski definition) is 1. The summed E-state index contributed by atoms with van der Waals surface area (Å²) in [5, 5.41) is 8.40. The molecule has 0 unspecified atom stereocenters. The van der Waals surface area contributed by atoms with Gasteiger partial charge in [0.25, 0.3) is 0 Å². The number of hydrogen-bond acceptors (Lipinski definition) is 2. The third-order valence-corrected chi connectivity index (χ3v) is 2.88.